The Morgan fingerprint density at radius 2 is 2.00 bits per heavy atom. The molecule has 0 unspecified atom stereocenters. The summed E-state index contributed by atoms with van der Waals surface area (Å²) in [4.78, 5) is 12.5. The van der Waals surface area contributed by atoms with Gasteiger partial charge in [-0.2, -0.15) is 0 Å². The molecule has 0 saturated heterocycles. The van der Waals surface area contributed by atoms with E-state index in [0.717, 1.165) is 5.82 Å². The second kappa shape index (κ2) is 4.76. The molecule has 3 aromatic rings. The number of halogens is 1. The van der Waals surface area contributed by atoms with E-state index in [0.29, 0.717) is 16.4 Å². The lowest BCUT2D eigenvalue weighted by molar-refractivity contribution is 0.756. The Morgan fingerprint density at radius 1 is 1.20 bits per heavy atom. The molecule has 0 fully saturated rings. The first-order valence-electron chi connectivity index (χ1n) is 6.30. The number of benzene rings is 1. The van der Waals surface area contributed by atoms with Crippen LogP contribution in [0.15, 0.2) is 41.5 Å². The fraction of sp³-hybridized carbons (Fsp3) is 0.214. The highest BCUT2D eigenvalue weighted by molar-refractivity contribution is 6.30. The van der Waals surface area contributed by atoms with Crippen molar-refractivity contribution in [3.8, 4) is 5.69 Å². The van der Waals surface area contributed by atoms with Crippen molar-refractivity contribution < 1.29 is 0 Å². The van der Waals surface area contributed by atoms with E-state index in [1.54, 1.807) is 35.0 Å². The van der Waals surface area contributed by atoms with Crippen LogP contribution in [0.5, 0.6) is 0 Å². The van der Waals surface area contributed by atoms with E-state index in [1.807, 2.05) is 19.9 Å². The van der Waals surface area contributed by atoms with Gasteiger partial charge in [-0.25, -0.2) is 0 Å². The maximum Gasteiger partial charge on any atom is 0.300 e. The Hall–Kier alpha value is -2.14. The first-order chi connectivity index (χ1) is 9.58. The average Bonchev–Trinajstić information content (AvgIpc) is 2.84. The lowest BCUT2D eigenvalue weighted by atomic mass is 10.2. The van der Waals surface area contributed by atoms with Crippen LogP contribution in [0.25, 0.3) is 11.3 Å². The van der Waals surface area contributed by atoms with E-state index in [2.05, 4.69) is 10.2 Å². The predicted molar refractivity (Wildman–Crippen MR) is 77.7 cm³/mol. The van der Waals surface area contributed by atoms with Gasteiger partial charge in [-0.15, -0.1) is 10.2 Å². The minimum atomic E-state index is -0.214. The lowest BCUT2D eigenvalue weighted by Gasteiger charge is -2.07. The van der Waals surface area contributed by atoms with Crippen LogP contribution in [0.4, 0.5) is 0 Å². The van der Waals surface area contributed by atoms with Gasteiger partial charge in [0.1, 0.15) is 5.82 Å². The maximum absolute atomic E-state index is 12.5. The van der Waals surface area contributed by atoms with Gasteiger partial charge in [-0.3, -0.25) is 13.8 Å². The van der Waals surface area contributed by atoms with Crippen LogP contribution in [0.2, 0.25) is 5.02 Å². The largest absolute Gasteiger partial charge is 0.300 e. The van der Waals surface area contributed by atoms with Gasteiger partial charge in [0, 0.05) is 23.3 Å². The number of rotatable bonds is 2. The predicted octanol–water partition coefficient (Wildman–Crippen LogP) is 2.66. The van der Waals surface area contributed by atoms with Crippen LogP contribution < -0.4 is 5.56 Å². The van der Waals surface area contributed by atoms with Crippen LogP contribution in [0.1, 0.15) is 25.6 Å². The minimum Gasteiger partial charge on any atom is -0.280 e. The van der Waals surface area contributed by atoms with Crippen molar-refractivity contribution in [3.63, 3.8) is 0 Å². The first kappa shape index (κ1) is 12.9. The van der Waals surface area contributed by atoms with E-state index in [9.17, 15) is 4.79 Å². The van der Waals surface area contributed by atoms with Crippen LogP contribution in [0.3, 0.4) is 0 Å². The summed E-state index contributed by atoms with van der Waals surface area (Å²) >= 11 is 5.96. The fourth-order valence-corrected chi connectivity index (χ4v) is 2.31. The Bertz CT molecular complexity index is 835. The molecule has 0 radical (unpaired) electrons. The average molecular weight is 289 g/mol. The lowest BCUT2D eigenvalue weighted by Crippen LogP contribution is -2.20. The van der Waals surface area contributed by atoms with Crippen molar-refractivity contribution in [3.05, 3.63) is 57.9 Å². The summed E-state index contributed by atoms with van der Waals surface area (Å²) in [6, 6.07) is 7.13. The van der Waals surface area contributed by atoms with Crippen molar-refractivity contribution in [1.29, 1.82) is 0 Å². The van der Waals surface area contributed by atoms with Gasteiger partial charge in [0.05, 0.1) is 5.69 Å². The van der Waals surface area contributed by atoms with E-state index in [1.165, 1.54) is 4.57 Å². The minimum absolute atomic E-state index is 0.200. The zero-order valence-electron chi connectivity index (χ0n) is 11.1. The van der Waals surface area contributed by atoms with Gasteiger partial charge in [0.2, 0.25) is 5.65 Å². The molecular formula is C14H13ClN4O. The molecule has 0 saturated carbocycles. The Balaban J connectivity index is 2.25. The molecule has 5 nitrogen and oxygen atoms in total. The SMILES string of the molecule is CC(C)c1nnc2c(=O)n(-c3cccc(Cl)c3)ccn12. The topological polar surface area (TPSA) is 52.2 Å². The second-order valence-corrected chi connectivity index (χ2v) is 5.30. The first-order valence-corrected chi connectivity index (χ1v) is 6.68. The van der Waals surface area contributed by atoms with Gasteiger partial charge in [0.25, 0.3) is 0 Å². The number of hydrogen-bond acceptors (Lipinski definition) is 3. The molecule has 0 N–H and O–H groups in total. The normalized spacial score (nSPS) is 11.4. The van der Waals surface area contributed by atoms with Crippen molar-refractivity contribution in [2.75, 3.05) is 0 Å². The quantitative estimate of drug-likeness (QED) is 0.728. The highest BCUT2D eigenvalue weighted by atomic mass is 35.5. The van der Waals surface area contributed by atoms with Crippen LogP contribution in [-0.2, 0) is 0 Å². The van der Waals surface area contributed by atoms with Gasteiger partial charge in [-0.05, 0) is 18.2 Å². The molecule has 2 heterocycles. The molecule has 0 bridgehead atoms. The Kier molecular flexibility index (Phi) is 3.06. The molecule has 0 amide bonds. The zero-order chi connectivity index (χ0) is 14.3. The standard InChI is InChI=1S/C14H13ClN4O/c1-9(2)12-16-17-13-14(20)18(6-7-19(12)13)11-5-3-4-10(15)8-11/h3-9H,1-2H3. The van der Waals surface area contributed by atoms with Gasteiger partial charge < -0.3 is 0 Å². The summed E-state index contributed by atoms with van der Waals surface area (Å²) in [5.41, 5.74) is 0.810. The molecule has 2 aromatic heterocycles. The molecule has 0 aliphatic heterocycles. The van der Waals surface area contributed by atoms with Gasteiger partial charge in [0.15, 0.2) is 0 Å². The molecule has 0 aliphatic rings. The van der Waals surface area contributed by atoms with Crippen LogP contribution >= 0.6 is 11.6 Å². The number of aromatic nitrogens is 4. The molecular weight excluding hydrogens is 276 g/mol. The molecule has 6 heteroatoms. The van der Waals surface area contributed by atoms with Crippen LogP contribution in [-0.4, -0.2) is 19.2 Å². The highest BCUT2D eigenvalue weighted by Crippen LogP contribution is 2.15. The summed E-state index contributed by atoms with van der Waals surface area (Å²) in [7, 11) is 0. The molecule has 1 aromatic carbocycles. The summed E-state index contributed by atoms with van der Waals surface area (Å²) in [6.45, 7) is 4.03. The summed E-state index contributed by atoms with van der Waals surface area (Å²) < 4.78 is 3.24. The molecule has 0 aliphatic carbocycles. The van der Waals surface area contributed by atoms with E-state index < -0.39 is 0 Å². The molecule has 3 rings (SSSR count). The summed E-state index contributed by atoms with van der Waals surface area (Å²) in [5.74, 6) is 0.974. The molecule has 0 spiro atoms. The molecule has 0 atom stereocenters. The molecule has 20 heavy (non-hydrogen) atoms. The monoisotopic (exact) mass is 288 g/mol. The number of hydrogen-bond donors (Lipinski definition) is 0. The van der Waals surface area contributed by atoms with Gasteiger partial charge >= 0.3 is 5.56 Å². The van der Waals surface area contributed by atoms with Crippen molar-refractivity contribution in [2.24, 2.45) is 0 Å². The van der Waals surface area contributed by atoms with Crippen molar-refractivity contribution >= 4 is 17.2 Å². The van der Waals surface area contributed by atoms with Crippen molar-refractivity contribution in [1.82, 2.24) is 19.2 Å². The van der Waals surface area contributed by atoms with E-state index in [-0.39, 0.29) is 11.5 Å². The summed E-state index contributed by atoms with van der Waals surface area (Å²) in [6.07, 6.45) is 3.50. The molecule has 102 valence electrons. The maximum atomic E-state index is 12.5. The second-order valence-electron chi connectivity index (χ2n) is 4.86. The smallest absolute Gasteiger partial charge is 0.280 e. The van der Waals surface area contributed by atoms with E-state index in [4.69, 9.17) is 11.6 Å². The van der Waals surface area contributed by atoms with Crippen molar-refractivity contribution in [2.45, 2.75) is 19.8 Å². The van der Waals surface area contributed by atoms with E-state index >= 15 is 0 Å². The fourth-order valence-electron chi connectivity index (χ4n) is 2.13. The summed E-state index contributed by atoms with van der Waals surface area (Å²) in [5, 5.41) is 8.66. The highest BCUT2D eigenvalue weighted by Gasteiger charge is 2.13. The Labute approximate surface area is 120 Å². The third-order valence-corrected chi connectivity index (χ3v) is 3.33. The zero-order valence-corrected chi connectivity index (χ0v) is 11.9. The van der Waals surface area contributed by atoms with Crippen LogP contribution in [0, 0.1) is 0 Å². The third-order valence-electron chi connectivity index (χ3n) is 3.10. The Morgan fingerprint density at radius 3 is 2.70 bits per heavy atom. The number of nitrogens with zero attached hydrogens (tertiary/aromatic N) is 4. The number of fused-ring (bicyclic) bond motifs is 1. The third kappa shape index (κ3) is 2.00. The van der Waals surface area contributed by atoms with Gasteiger partial charge in [-0.1, -0.05) is 31.5 Å².